The van der Waals surface area contributed by atoms with Gasteiger partial charge in [-0.25, -0.2) is 13.2 Å². The van der Waals surface area contributed by atoms with Gasteiger partial charge in [-0.2, -0.15) is 0 Å². The van der Waals surface area contributed by atoms with E-state index in [0.29, 0.717) is 12.1 Å². The van der Waals surface area contributed by atoms with Gasteiger partial charge < -0.3 is 9.16 Å². The molecule has 23 heavy (non-hydrogen) atoms. The second kappa shape index (κ2) is 6.57. The predicted molar refractivity (Wildman–Crippen MR) is 86.2 cm³/mol. The van der Waals surface area contributed by atoms with Crippen molar-refractivity contribution in [2.24, 2.45) is 0 Å². The Hall–Kier alpha value is -0.853. The highest BCUT2D eigenvalue weighted by Gasteiger charge is 2.42. The molecule has 1 aliphatic rings. The molecule has 0 bridgehead atoms. The lowest BCUT2D eigenvalue weighted by Gasteiger charge is -2.44. The monoisotopic (exact) mass is 346 g/mol. The zero-order valence-corrected chi connectivity index (χ0v) is 15.4. The van der Waals surface area contributed by atoms with Gasteiger partial charge in [0.25, 0.3) is 0 Å². The molecule has 6 heteroatoms. The first-order chi connectivity index (χ1) is 10.5. The summed E-state index contributed by atoms with van der Waals surface area (Å²) in [7, 11) is -1.80. The number of benzene rings is 1. The van der Waals surface area contributed by atoms with Crippen molar-refractivity contribution in [2.45, 2.75) is 70.6 Å². The van der Waals surface area contributed by atoms with Crippen molar-refractivity contribution in [1.82, 2.24) is 0 Å². The molecule has 1 aliphatic carbocycles. The van der Waals surface area contributed by atoms with Crippen molar-refractivity contribution in [3.63, 3.8) is 0 Å². The molecule has 2 nitrogen and oxygen atoms in total. The van der Waals surface area contributed by atoms with E-state index in [-0.39, 0.29) is 29.4 Å². The lowest BCUT2D eigenvalue weighted by Crippen LogP contribution is -2.49. The molecule has 2 rings (SSSR count). The van der Waals surface area contributed by atoms with Crippen LogP contribution in [-0.2, 0) is 15.8 Å². The van der Waals surface area contributed by atoms with Crippen LogP contribution in [0.2, 0.25) is 18.1 Å². The zero-order valence-electron chi connectivity index (χ0n) is 14.4. The largest absolute Gasteiger partial charge is 0.414 e. The molecule has 0 saturated heterocycles. The molecule has 1 aromatic carbocycles. The van der Waals surface area contributed by atoms with E-state index in [9.17, 15) is 13.2 Å². The number of rotatable bonds is 5. The molecule has 0 atom stereocenters. The van der Waals surface area contributed by atoms with E-state index >= 15 is 0 Å². The first kappa shape index (κ1) is 18.5. The fourth-order valence-corrected chi connectivity index (χ4v) is 3.63. The molecule has 0 amide bonds. The normalized spacial score (nSPS) is 22.1. The van der Waals surface area contributed by atoms with Crippen LogP contribution >= 0.6 is 0 Å². The van der Waals surface area contributed by atoms with E-state index in [4.69, 9.17) is 9.16 Å². The third-order valence-corrected chi connectivity index (χ3v) is 9.42. The van der Waals surface area contributed by atoms with Crippen LogP contribution in [0.15, 0.2) is 12.1 Å². The summed E-state index contributed by atoms with van der Waals surface area (Å²) in [5, 5.41) is 0.152. The van der Waals surface area contributed by atoms with Gasteiger partial charge >= 0.3 is 0 Å². The van der Waals surface area contributed by atoms with Crippen molar-refractivity contribution >= 4 is 8.32 Å². The molecular weight excluding hydrogens is 321 g/mol. The molecule has 1 fully saturated rings. The number of hydrogen-bond donors (Lipinski definition) is 0. The summed E-state index contributed by atoms with van der Waals surface area (Å²) >= 11 is 0. The summed E-state index contributed by atoms with van der Waals surface area (Å²) < 4.78 is 51.7. The van der Waals surface area contributed by atoms with Crippen molar-refractivity contribution in [3.05, 3.63) is 35.1 Å². The SMILES string of the molecule is CC(C)(C)[Si](C)(C)OC1CC(OCc2c(F)cc(F)cc2F)C1. The van der Waals surface area contributed by atoms with Gasteiger partial charge in [0, 0.05) is 23.8 Å². The van der Waals surface area contributed by atoms with Crippen molar-refractivity contribution in [2.75, 3.05) is 0 Å². The molecule has 0 aliphatic heterocycles. The number of halogens is 3. The van der Waals surface area contributed by atoms with E-state index in [2.05, 4.69) is 33.9 Å². The molecule has 0 radical (unpaired) electrons. The van der Waals surface area contributed by atoms with Crippen molar-refractivity contribution in [3.8, 4) is 0 Å². The van der Waals surface area contributed by atoms with Crippen LogP contribution in [0.25, 0.3) is 0 Å². The minimum atomic E-state index is -1.80. The first-order valence-corrected chi connectivity index (χ1v) is 10.8. The Morgan fingerprint density at radius 3 is 2.04 bits per heavy atom. The summed E-state index contributed by atoms with van der Waals surface area (Å²) in [5.74, 6) is -2.73. The van der Waals surface area contributed by atoms with Gasteiger partial charge in [0.15, 0.2) is 8.32 Å². The predicted octanol–water partition coefficient (Wildman–Crippen LogP) is 5.17. The Balaban J connectivity index is 1.82. The van der Waals surface area contributed by atoms with Gasteiger partial charge in [-0.1, -0.05) is 20.8 Å². The van der Waals surface area contributed by atoms with Crippen LogP contribution in [0, 0.1) is 17.5 Å². The minimum absolute atomic E-state index is 0.0615. The average Bonchev–Trinajstić information content (AvgIpc) is 2.32. The van der Waals surface area contributed by atoms with E-state index in [1.807, 2.05) is 0 Å². The van der Waals surface area contributed by atoms with Gasteiger partial charge in [0.2, 0.25) is 0 Å². The highest BCUT2D eigenvalue weighted by atomic mass is 28.4. The molecule has 130 valence electrons. The average molecular weight is 346 g/mol. The van der Waals surface area contributed by atoms with Crippen molar-refractivity contribution in [1.29, 1.82) is 0 Å². The Morgan fingerprint density at radius 2 is 1.57 bits per heavy atom. The molecular formula is C17H25F3O2Si. The van der Waals surface area contributed by atoms with Gasteiger partial charge in [-0.3, -0.25) is 0 Å². The highest BCUT2D eigenvalue weighted by Crippen LogP contribution is 2.40. The van der Waals surface area contributed by atoms with Gasteiger partial charge in [0.1, 0.15) is 17.5 Å². The lowest BCUT2D eigenvalue weighted by atomic mass is 9.92. The summed E-state index contributed by atoms with van der Waals surface area (Å²) in [6, 6.07) is 1.35. The standard InChI is InChI=1S/C17H25F3O2Si/c1-17(2,3)23(4,5)22-13-8-12(9-13)21-10-14-15(19)6-11(18)7-16(14)20/h6-7,12-13H,8-10H2,1-5H3. The zero-order chi connectivity index (χ0) is 17.4. The fraction of sp³-hybridized carbons (Fsp3) is 0.647. The summed E-state index contributed by atoms with van der Waals surface area (Å²) in [6.45, 7) is 10.8. The molecule has 1 saturated carbocycles. The maximum absolute atomic E-state index is 13.5. The topological polar surface area (TPSA) is 18.5 Å². The molecule has 1 aromatic rings. The molecule has 0 heterocycles. The number of ether oxygens (including phenoxy) is 1. The molecule has 0 unspecified atom stereocenters. The molecule has 0 N–H and O–H groups in total. The second-order valence-corrected chi connectivity index (χ2v) is 12.5. The molecule has 0 aromatic heterocycles. The van der Waals surface area contributed by atoms with Gasteiger partial charge in [0.05, 0.1) is 12.7 Å². The summed E-state index contributed by atoms with van der Waals surface area (Å²) in [6.07, 6.45) is 1.56. The van der Waals surface area contributed by atoms with Crippen LogP contribution in [0.3, 0.4) is 0 Å². The smallest absolute Gasteiger partial charge is 0.192 e. The van der Waals surface area contributed by atoms with E-state index in [1.165, 1.54) is 0 Å². The van der Waals surface area contributed by atoms with Crippen LogP contribution in [-0.4, -0.2) is 20.5 Å². The lowest BCUT2D eigenvalue weighted by molar-refractivity contribution is -0.0738. The molecule has 0 spiro atoms. The van der Waals surface area contributed by atoms with Crippen molar-refractivity contribution < 1.29 is 22.3 Å². The fourth-order valence-electron chi connectivity index (χ4n) is 2.25. The first-order valence-electron chi connectivity index (χ1n) is 7.92. The summed E-state index contributed by atoms with van der Waals surface area (Å²) in [4.78, 5) is 0. The Bertz CT molecular complexity index is 540. The van der Waals surface area contributed by atoms with Crippen LogP contribution in [0.1, 0.15) is 39.2 Å². The Morgan fingerprint density at radius 1 is 1.04 bits per heavy atom. The van der Waals surface area contributed by atoms with Crippen LogP contribution in [0.5, 0.6) is 0 Å². The Kier molecular flexibility index (Phi) is 5.28. The maximum Gasteiger partial charge on any atom is 0.192 e. The Labute approximate surface area is 137 Å². The van der Waals surface area contributed by atoms with E-state index in [1.54, 1.807) is 0 Å². The minimum Gasteiger partial charge on any atom is -0.414 e. The third-order valence-electron chi connectivity index (χ3n) is 4.89. The summed E-state index contributed by atoms with van der Waals surface area (Å²) in [5.41, 5.74) is -0.222. The quantitative estimate of drug-likeness (QED) is 0.685. The third kappa shape index (κ3) is 4.36. The van der Waals surface area contributed by atoms with Crippen LogP contribution < -0.4 is 0 Å². The maximum atomic E-state index is 13.5. The second-order valence-electron chi connectivity index (χ2n) is 7.75. The van der Waals surface area contributed by atoms with Gasteiger partial charge in [-0.15, -0.1) is 0 Å². The number of hydrogen-bond acceptors (Lipinski definition) is 2. The van der Waals surface area contributed by atoms with Gasteiger partial charge in [-0.05, 0) is 31.0 Å². The van der Waals surface area contributed by atoms with E-state index < -0.39 is 25.8 Å². The van der Waals surface area contributed by atoms with E-state index in [0.717, 1.165) is 12.8 Å². The highest BCUT2D eigenvalue weighted by molar-refractivity contribution is 6.74. The van der Waals surface area contributed by atoms with Crippen LogP contribution in [0.4, 0.5) is 13.2 Å².